The van der Waals surface area contributed by atoms with E-state index >= 15 is 0 Å². The molecule has 0 atom stereocenters. The fourth-order valence-corrected chi connectivity index (χ4v) is 5.06. The summed E-state index contributed by atoms with van der Waals surface area (Å²) in [6.45, 7) is 0. The Hall–Kier alpha value is -1.68. The molecule has 11 heteroatoms. The lowest BCUT2D eigenvalue weighted by Gasteiger charge is -2.32. The highest BCUT2D eigenvalue weighted by Crippen LogP contribution is 2.26. The number of nitrogens with one attached hydrogen (secondary N) is 1. The molecule has 1 aliphatic carbocycles. The van der Waals surface area contributed by atoms with Crippen LogP contribution >= 0.6 is 23.2 Å². The number of sulfone groups is 1. The van der Waals surface area contributed by atoms with Gasteiger partial charge in [0.15, 0.2) is 15.7 Å². The van der Waals surface area contributed by atoms with Crippen LogP contribution in [0.3, 0.4) is 0 Å². The molecule has 0 aliphatic heterocycles. The summed E-state index contributed by atoms with van der Waals surface area (Å²) in [5, 5.41) is 7.08. The minimum absolute atomic E-state index is 0.00863. The standard InChI is InChI=1S/C19H24Cl2N4O4S/c1-25(2)13-5-3-12(4-6-13)22-18(26)10-19-23-17(24-29-19)11-30(27,28)14-7-8-15(20)16(21)9-14/h7-9,12-13H,3-6,10-11H2,1-2H3,(H,22,26). The largest absolute Gasteiger partial charge is 0.353 e. The fourth-order valence-electron chi connectivity index (χ4n) is 3.50. The minimum Gasteiger partial charge on any atom is -0.353 e. The normalized spacial score (nSPS) is 19.8. The van der Waals surface area contributed by atoms with Crippen LogP contribution in [0, 0.1) is 0 Å². The van der Waals surface area contributed by atoms with E-state index in [1.54, 1.807) is 0 Å². The van der Waals surface area contributed by atoms with E-state index in [1.165, 1.54) is 18.2 Å². The molecule has 1 aromatic heterocycles. The number of halogens is 2. The molecule has 0 spiro atoms. The Morgan fingerprint density at radius 1 is 1.20 bits per heavy atom. The van der Waals surface area contributed by atoms with Crippen LogP contribution in [-0.4, -0.2) is 55.5 Å². The SMILES string of the molecule is CN(C)C1CCC(NC(=O)Cc2nc(CS(=O)(=O)c3ccc(Cl)c(Cl)c3)no2)CC1. The molecule has 8 nitrogen and oxygen atoms in total. The highest BCUT2D eigenvalue weighted by molar-refractivity contribution is 7.90. The van der Waals surface area contributed by atoms with E-state index in [-0.39, 0.29) is 45.0 Å². The first-order chi connectivity index (χ1) is 14.1. The van der Waals surface area contributed by atoms with Crippen molar-refractivity contribution in [2.45, 2.75) is 54.8 Å². The van der Waals surface area contributed by atoms with Crippen LogP contribution in [0.4, 0.5) is 0 Å². The van der Waals surface area contributed by atoms with Gasteiger partial charge in [-0.05, 0) is 58.0 Å². The van der Waals surface area contributed by atoms with Crippen molar-refractivity contribution < 1.29 is 17.7 Å². The number of carbonyl (C=O) groups is 1. The van der Waals surface area contributed by atoms with Gasteiger partial charge in [-0.1, -0.05) is 28.4 Å². The van der Waals surface area contributed by atoms with E-state index in [1.807, 2.05) is 0 Å². The number of carbonyl (C=O) groups excluding carboxylic acids is 1. The monoisotopic (exact) mass is 474 g/mol. The van der Waals surface area contributed by atoms with Gasteiger partial charge in [-0.2, -0.15) is 4.98 Å². The molecule has 30 heavy (non-hydrogen) atoms. The molecule has 164 valence electrons. The summed E-state index contributed by atoms with van der Waals surface area (Å²) >= 11 is 11.7. The molecule has 2 aromatic rings. The topological polar surface area (TPSA) is 105 Å². The maximum atomic E-state index is 12.5. The third kappa shape index (κ3) is 5.94. The molecular formula is C19H24Cl2N4O4S. The summed E-state index contributed by atoms with van der Waals surface area (Å²) in [5.41, 5.74) is 0. The second kappa shape index (κ2) is 9.64. The van der Waals surface area contributed by atoms with Crippen LogP contribution in [0.15, 0.2) is 27.6 Å². The third-order valence-corrected chi connectivity index (χ3v) is 7.53. The Balaban J connectivity index is 1.54. The Kier molecular flexibility index (Phi) is 7.38. The molecule has 1 aromatic carbocycles. The number of amides is 1. The van der Waals surface area contributed by atoms with E-state index in [9.17, 15) is 13.2 Å². The maximum absolute atomic E-state index is 12.5. The number of hydrogen-bond donors (Lipinski definition) is 1. The average molecular weight is 475 g/mol. The lowest BCUT2D eigenvalue weighted by molar-refractivity contribution is -0.121. The summed E-state index contributed by atoms with van der Waals surface area (Å²) in [6, 6.07) is 4.73. The van der Waals surface area contributed by atoms with Crippen molar-refractivity contribution in [2.75, 3.05) is 14.1 Å². The van der Waals surface area contributed by atoms with Gasteiger partial charge in [0.2, 0.25) is 11.8 Å². The van der Waals surface area contributed by atoms with Gasteiger partial charge in [0.1, 0.15) is 12.2 Å². The van der Waals surface area contributed by atoms with Crippen molar-refractivity contribution in [3.63, 3.8) is 0 Å². The van der Waals surface area contributed by atoms with Gasteiger partial charge in [-0.25, -0.2) is 8.42 Å². The van der Waals surface area contributed by atoms with Crippen molar-refractivity contribution >= 4 is 38.9 Å². The zero-order valence-corrected chi connectivity index (χ0v) is 19.1. The predicted octanol–water partition coefficient (Wildman–Crippen LogP) is 2.88. The number of aromatic nitrogens is 2. The first kappa shape index (κ1) is 23.0. The van der Waals surface area contributed by atoms with E-state index in [0.29, 0.717) is 6.04 Å². The molecule has 1 aliphatic rings. The summed E-state index contributed by atoms with van der Waals surface area (Å²) in [4.78, 5) is 18.6. The van der Waals surface area contributed by atoms with Crippen LogP contribution in [0.5, 0.6) is 0 Å². The van der Waals surface area contributed by atoms with Gasteiger partial charge in [0.05, 0.1) is 14.9 Å². The Morgan fingerprint density at radius 3 is 2.53 bits per heavy atom. The van der Waals surface area contributed by atoms with Crippen molar-refractivity contribution in [3.8, 4) is 0 Å². The van der Waals surface area contributed by atoms with Gasteiger partial charge >= 0.3 is 0 Å². The van der Waals surface area contributed by atoms with Crippen molar-refractivity contribution in [2.24, 2.45) is 0 Å². The average Bonchev–Trinajstić information content (AvgIpc) is 3.10. The van der Waals surface area contributed by atoms with Gasteiger partial charge < -0.3 is 14.7 Å². The van der Waals surface area contributed by atoms with Gasteiger partial charge in [0.25, 0.3) is 0 Å². The zero-order chi connectivity index (χ0) is 21.9. The third-order valence-electron chi connectivity index (χ3n) is 5.18. The van der Waals surface area contributed by atoms with Crippen molar-refractivity contribution in [3.05, 3.63) is 40.0 Å². The molecule has 0 unspecified atom stereocenters. The van der Waals surface area contributed by atoms with Crippen LogP contribution in [-0.2, 0) is 26.8 Å². The molecule has 3 rings (SSSR count). The molecular weight excluding hydrogens is 451 g/mol. The quantitative estimate of drug-likeness (QED) is 0.657. The molecule has 0 saturated heterocycles. The smallest absolute Gasteiger partial charge is 0.236 e. The zero-order valence-electron chi connectivity index (χ0n) is 16.8. The summed E-state index contributed by atoms with van der Waals surface area (Å²) in [7, 11) is 0.400. The second-order valence-corrected chi connectivity index (χ2v) is 10.5. The van der Waals surface area contributed by atoms with Gasteiger partial charge in [0, 0.05) is 12.1 Å². The number of benzene rings is 1. The Bertz CT molecular complexity index is 1000. The predicted molar refractivity (Wildman–Crippen MR) is 113 cm³/mol. The van der Waals surface area contributed by atoms with Gasteiger partial charge in [-0.3, -0.25) is 4.79 Å². The molecule has 1 N–H and O–H groups in total. The van der Waals surface area contributed by atoms with Gasteiger partial charge in [-0.15, -0.1) is 0 Å². The summed E-state index contributed by atoms with van der Waals surface area (Å²) < 4.78 is 30.1. The van der Waals surface area contributed by atoms with Crippen molar-refractivity contribution in [1.82, 2.24) is 20.4 Å². The van der Waals surface area contributed by atoms with Crippen molar-refractivity contribution in [1.29, 1.82) is 0 Å². The molecule has 0 radical (unpaired) electrons. The summed E-state index contributed by atoms with van der Waals surface area (Å²) in [6.07, 6.45) is 3.83. The number of hydrogen-bond acceptors (Lipinski definition) is 7. The number of rotatable bonds is 7. The van der Waals surface area contributed by atoms with E-state index in [0.717, 1.165) is 25.7 Å². The molecule has 0 bridgehead atoms. The lowest BCUT2D eigenvalue weighted by Crippen LogP contribution is -2.42. The highest BCUT2D eigenvalue weighted by Gasteiger charge is 2.25. The van der Waals surface area contributed by atoms with E-state index in [2.05, 4.69) is 34.5 Å². The van der Waals surface area contributed by atoms with Crippen LogP contribution in [0.25, 0.3) is 0 Å². The van der Waals surface area contributed by atoms with Crippen LogP contribution in [0.2, 0.25) is 10.0 Å². The lowest BCUT2D eigenvalue weighted by atomic mass is 9.90. The van der Waals surface area contributed by atoms with Crippen LogP contribution in [0.1, 0.15) is 37.4 Å². The first-order valence-electron chi connectivity index (χ1n) is 9.59. The highest BCUT2D eigenvalue weighted by atomic mass is 35.5. The molecule has 1 heterocycles. The first-order valence-corrected chi connectivity index (χ1v) is 12.0. The minimum atomic E-state index is -3.74. The van der Waals surface area contributed by atoms with E-state index in [4.69, 9.17) is 27.7 Å². The second-order valence-electron chi connectivity index (χ2n) is 7.65. The molecule has 1 fully saturated rings. The Morgan fingerprint density at radius 2 is 1.90 bits per heavy atom. The number of nitrogens with zero attached hydrogens (tertiary/aromatic N) is 3. The maximum Gasteiger partial charge on any atom is 0.236 e. The van der Waals surface area contributed by atoms with Crippen LogP contribution < -0.4 is 5.32 Å². The Labute approximate surface area is 185 Å². The fraction of sp³-hybridized carbons (Fsp3) is 0.526. The molecule has 1 amide bonds. The summed E-state index contributed by atoms with van der Waals surface area (Å²) in [5.74, 6) is -0.625. The van der Waals surface area contributed by atoms with E-state index < -0.39 is 15.6 Å². The molecule has 1 saturated carbocycles.